The molecular formula is C22H21N3O2. The maximum absolute atomic E-state index is 12.3. The molecule has 0 saturated carbocycles. The molecule has 0 unspecified atom stereocenters. The van der Waals surface area contributed by atoms with E-state index >= 15 is 0 Å². The van der Waals surface area contributed by atoms with Crippen LogP contribution in [0.15, 0.2) is 71.4 Å². The third-order valence-electron chi connectivity index (χ3n) is 4.69. The van der Waals surface area contributed by atoms with Crippen molar-refractivity contribution in [1.82, 2.24) is 15.0 Å². The molecule has 27 heavy (non-hydrogen) atoms. The highest BCUT2D eigenvalue weighted by atomic mass is 16.5. The van der Waals surface area contributed by atoms with E-state index in [2.05, 4.69) is 46.5 Å². The second-order valence-corrected chi connectivity index (χ2v) is 6.58. The van der Waals surface area contributed by atoms with Crippen LogP contribution in [-0.2, 0) is 13.5 Å². The topological polar surface area (TPSA) is 60.1 Å². The highest BCUT2D eigenvalue weighted by molar-refractivity contribution is 5.93. The Morgan fingerprint density at radius 3 is 2.74 bits per heavy atom. The Kier molecular flexibility index (Phi) is 4.75. The molecule has 1 amide bonds. The Balaban J connectivity index is 1.33. The number of benzene rings is 2. The molecule has 5 heteroatoms. The largest absolute Gasteiger partial charge is 0.355 e. The number of hydrogen-bond acceptors (Lipinski definition) is 3. The number of hydrogen-bond donors (Lipinski definition) is 1. The maximum atomic E-state index is 12.3. The van der Waals surface area contributed by atoms with Gasteiger partial charge in [0.05, 0.1) is 0 Å². The second kappa shape index (κ2) is 7.50. The number of carbonyl (C=O) groups excluding carboxylic acids is 1. The zero-order valence-electron chi connectivity index (χ0n) is 15.2. The van der Waals surface area contributed by atoms with Gasteiger partial charge in [-0.05, 0) is 24.5 Å². The van der Waals surface area contributed by atoms with Crippen molar-refractivity contribution in [1.29, 1.82) is 0 Å². The summed E-state index contributed by atoms with van der Waals surface area (Å²) >= 11 is 0. The number of carbonyl (C=O) groups is 1. The van der Waals surface area contributed by atoms with Crippen molar-refractivity contribution in [3.63, 3.8) is 0 Å². The third-order valence-corrected chi connectivity index (χ3v) is 4.69. The quantitative estimate of drug-likeness (QED) is 0.525. The lowest BCUT2D eigenvalue weighted by Gasteiger charge is -2.02. The van der Waals surface area contributed by atoms with Crippen LogP contribution in [0.2, 0.25) is 0 Å². The summed E-state index contributed by atoms with van der Waals surface area (Å²) in [5.74, 6) is 0.385. The van der Waals surface area contributed by atoms with Crippen LogP contribution in [-0.4, -0.2) is 22.2 Å². The van der Waals surface area contributed by atoms with E-state index in [1.807, 2.05) is 36.4 Å². The van der Waals surface area contributed by atoms with Gasteiger partial charge in [-0.3, -0.25) is 4.79 Å². The number of aryl methyl sites for hydroxylation is 2. The molecule has 2 heterocycles. The molecule has 1 N–H and O–H groups in total. The first-order chi connectivity index (χ1) is 13.2. The van der Waals surface area contributed by atoms with E-state index in [4.69, 9.17) is 4.52 Å². The average molecular weight is 359 g/mol. The van der Waals surface area contributed by atoms with E-state index in [1.54, 1.807) is 6.07 Å². The lowest BCUT2D eigenvalue weighted by Crippen LogP contribution is -2.25. The molecule has 2 aromatic heterocycles. The van der Waals surface area contributed by atoms with Gasteiger partial charge in [-0.25, -0.2) is 0 Å². The zero-order chi connectivity index (χ0) is 18.6. The Morgan fingerprint density at radius 2 is 1.89 bits per heavy atom. The summed E-state index contributed by atoms with van der Waals surface area (Å²) in [6, 6.07) is 19.7. The van der Waals surface area contributed by atoms with E-state index < -0.39 is 0 Å². The second-order valence-electron chi connectivity index (χ2n) is 6.58. The number of amides is 1. The Bertz CT molecular complexity index is 1060. The summed E-state index contributed by atoms with van der Waals surface area (Å²) < 4.78 is 7.43. The van der Waals surface area contributed by atoms with Crippen molar-refractivity contribution in [2.75, 3.05) is 6.54 Å². The number of rotatable bonds is 6. The van der Waals surface area contributed by atoms with Gasteiger partial charge in [0.15, 0.2) is 11.5 Å². The smallest absolute Gasteiger partial charge is 0.273 e. The highest BCUT2D eigenvalue weighted by Gasteiger charge is 2.13. The van der Waals surface area contributed by atoms with Crippen LogP contribution in [0.1, 0.15) is 22.5 Å². The van der Waals surface area contributed by atoms with Crippen molar-refractivity contribution < 1.29 is 9.32 Å². The fourth-order valence-electron chi connectivity index (χ4n) is 3.32. The van der Waals surface area contributed by atoms with Crippen LogP contribution in [0.3, 0.4) is 0 Å². The van der Waals surface area contributed by atoms with E-state index in [0.717, 1.165) is 18.4 Å². The summed E-state index contributed by atoms with van der Waals surface area (Å²) in [5.41, 5.74) is 3.74. The normalized spacial score (nSPS) is 11.0. The van der Waals surface area contributed by atoms with E-state index in [1.165, 1.54) is 16.5 Å². The first kappa shape index (κ1) is 17.1. The summed E-state index contributed by atoms with van der Waals surface area (Å²) in [5, 5.41) is 8.08. The van der Waals surface area contributed by atoms with Crippen LogP contribution < -0.4 is 5.32 Å². The van der Waals surface area contributed by atoms with E-state index in [9.17, 15) is 4.79 Å². The number of nitrogens with one attached hydrogen (secondary N) is 1. The molecule has 0 atom stereocenters. The van der Waals surface area contributed by atoms with Gasteiger partial charge >= 0.3 is 0 Å². The standard InChI is InChI=1S/C22H21N3O2/c1-25-15-17(18-11-5-6-12-20(18)25)10-7-13-23-22(26)19-14-21(27-24-19)16-8-3-2-4-9-16/h2-6,8-9,11-12,14-15H,7,10,13H2,1H3,(H,23,26). The summed E-state index contributed by atoms with van der Waals surface area (Å²) in [7, 11) is 2.06. The summed E-state index contributed by atoms with van der Waals surface area (Å²) in [4.78, 5) is 12.3. The first-order valence-corrected chi connectivity index (χ1v) is 9.05. The van der Waals surface area contributed by atoms with Gasteiger partial charge < -0.3 is 14.4 Å². The molecular weight excluding hydrogens is 338 g/mol. The molecule has 0 saturated heterocycles. The predicted octanol–water partition coefficient (Wildman–Crippen LogP) is 4.20. The first-order valence-electron chi connectivity index (χ1n) is 9.05. The molecule has 5 nitrogen and oxygen atoms in total. The van der Waals surface area contributed by atoms with Gasteiger partial charge in [0, 0.05) is 42.3 Å². The lowest BCUT2D eigenvalue weighted by atomic mass is 10.1. The fourth-order valence-corrected chi connectivity index (χ4v) is 3.32. The van der Waals surface area contributed by atoms with Gasteiger partial charge in [0.1, 0.15) is 0 Å². The number of nitrogens with zero attached hydrogens (tertiary/aromatic N) is 2. The molecule has 4 aromatic rings. The Morgan fingerprint density at radius 1 is 1.11 bits per heavy atom. The molecule has 0 spiro atoms. The SMILES string of the molecule is Cn1cc(CCCNC(=O)c2cc(-c3ccccc3)on2)c2ccccc21. The molecule has 136 valence electrons. The van der Waals surface area contributed by atoms with Crippen molar-refractivity contribution in [2.24, 2.45) is 7.05 Å². The van der Waals surface area contributed by atoms with Crippen molar-refractivity contribution >= 4 is 16.8 Å². The lowest BCUT2D eigenvalue weighted by molar-refractivity contribution is 0.0944. The molecule has 0 radical (unpaired) electrons. The molecule has 0 aliphatic heterocycles. The molecule has 0 fully saturated rings. The maximum Gasteiger partial charge on any atom is 0.273 e. The molecule has 0 aliphatic carbocycles. The van der Waals surface area contributed by atoms with E-state index in [0.29, 0.717) is 18.0 Å². The third kappa shape index (κ3) is 3.62. The minimum absolute atomic E-state index is 0.209. The minimum atomic E-state index is -0.209. The monoisotopic (exact) mass is 359 g/mol. The van der Waals surface area contributed by atoms with Crippen LogP contribution in [0, 0.1) is 0 Å². The van der Waals surface area contributed by atoms with Crippen LogP contribution in [0.5, 0.6) is 0 Å². The molecule has 2 aromatic carbocycles. The number of fused-ring (bicyclic) bond motifs is 1. The van der Waals surface area contributed by atoms with Gasteiger partial charge in [-0.15, -0.1) is 0 Å². The fraction of sp³-hybridized carbons (Fsp3) is 0.182. The molecule has 4 rings (SSSR count). The number of aromatic nitrogens is 2. The van der Waals surface area contributed by atoms with Crippen LogP contribution in [0.25, 0.3) is 22.2 Å². The van der Waals surface area contributed by atoms with Gasteiger partial charge in [-0.2, -0.15) is 0 Å². The van der Waals surface area contributed by atoms with Gasteiger partial charge in [0.2, 0.25) is 0 Å². The van der Waals surface area contributed by atoms with Crippen molar-refractivity contribution in [3.8, 4) is 11.3 Å². The molecule has 0 bridgehead atoms. The molecule has 0 aliphatic rings. The van der Waals surface area contributed by atoms with Gasteiger partial charge in [-0.1, -0.05) is 53.7 Å². The predicted molar refractivity (Wildman–Crippen MR) is 106 cm³/mol. The van der Waals surface area contributed by atoms with E-state index in [-0.39, 0.29) is 5.91 Å². The number of para-hydroxylation sites is 1. The van der Waals surface area contributed by atoms with Crippen LogP contribution >= 0.6 is 0 Å². The summed E-state index contributed by atoms with van der Waals surface area (Å²) in [6.45, 7) is 0.593. The van der Waals surface area contributed by atoms with Crippen molar-refractivity contribution in [3.05, 3.63) is 78.1 Å². The average Bonchev–Trinajstić information content (AvgIpc) is 3.32. The Hall–Kier alpha value is -3.34. The van der Waals surface area contributed by atoms with Crippen molar-refractivity contribution in [2.45, 2.75) is 12.8 Å². The summed E-state index contributed by atoms with van der Waals surface area (Å²) in [6.07, 6.45) is 3.94. The Labute approximate surface area is 157 Å². The minimum Gasteiger partial charge on any atom is -0.355 e. The van der Waals surface area contributed by atoms with Crippen LogP contribution in [0.4, 0.5) is 0 Å². The highest BCUT2D eigenvalue weighted by Crippen LogP contribution is 2.21. The van der Waals surface area contributed by atoms with Gasteiger partial charge in [0.25, 0.3) is 5.91 Å². The zero-order valence-corrected chi connectivity index (χ0v) is 15.2.